The minimum atomic E-state index is -1.39. The van der Waals surface area contributed by atoms with Gasteiger partial charge in [-0.1, -0.05) is 47.5 Å². The molecule has 2 aromatic carbocycles. The molecule has 146 valence electrons. The van der Waals surface area contributed by atoms with Gasteiger partial charge in [0, 0.05) is 27.9 Å². The highest BCUT2D eigenvalue weighted by molar-refractivity contribution is 7.84. The molecule has 3 aromatic rings. The van der Waals surface area contributed by atoms with Crippen LogP contribution < -0.4 is 5.32 Å². The number of hydrogen-bond donors (Lipinski definition) is 1. The predicted molar refractivity (Wildman–Crippen MR) is 111 cm³/mol. The Kier molecular flexibility index (Phi) is 6.65. The van der Waals surface area contributed by atoms with Crippen molar-refractivity contribution in [1.82, 2.24) is 10.3 Å². The fourth-order valence-corrected chi connectivity index (χ4v) is 3.89. The van der Waals surface area contributed by atoms with Crippen LogP contribution in [0.15, 0.2) is 52.9 Å². The van der Waals surface area contributed by atoms with Crippen molar-refractivity contribution >= 4 is 28.3 Å². The van der Waals surface area contributed by atoms with Gasteiger partial charge in [-0.05, 0) is 37.6 Å². The Morgan fingerprint density at radius 1 is 1.14 bits per heavy atom. The summed E-state index contributed by atoms with van der Waals surface area (Å²) in [6.45, 7) is 4.10. The highest BCUT2D eigenvalue weighted by Crippen LogP contribution is 2.23. The Hall–Kier alpha value is -2.44. The zero-order valence-electron chi connectivity index (χ0n) is 15.7. The Morgan fingerprint density at radius 2 is 1.86 bits per heavy atom. The fourth-order valence-electron chi connectivity index (χ4n) is 2.62. The van der Waals surface area contributed by atoms with E-state index in [0.717, 1.165) is 16.7 Å². The fraction of sp³-hybridized carbons (Fsp3) is 0.238. The van der Waals surface area contributed by atoms with E-state index >= 15 is 0 Å². The van der Waals surface area contributed by atoms with E-state index in [2.05, 4.69) is 10.3 Å². The summed E-state index contributed by atoms with van der Waals surface area (Å²) >= 11 is 6.07. The highest BCUT2D eigenvalue weighted by atomic mass is 35.5. The molecule has 1 heterocycles. The van der Waals surface area contributed by atoms with Gasteiger partial charge in [-0.2, -0.15) is 0 Å². The lowest BCUT2D eigenvalue weighted by Gasteiger charge is -2.06. The second-order valence-electron chi connectivity index (χ2n) is 6.48. The molecule has 0 spiro atoms. The lowest BCUT2D eigenvalue weighted by atomic mass is 10.1. The second-order valence-corrected chi connectivity index (χ2v) is 8.35. The van der Waals surface area contributed by atoms with Crippen molar-refractivity contribution < 1.29 is 13.4 Å². The Balaban J connectivity index is 1.56. The number of aromatic nitrogens is 1. The van der Waals surface area contributed by atoms with Crippen LogP contribution in [-0.2, 0) is 27.9 Å². The molecule has 0 radical (unpaired) electrons. The molecule has 0 unspecified atom stereocenters. The number of nitrogens with zero attached hydrogens (tertiary/aromatic N) is 1. The van der Waals surface area contributed by atoms with Crippen LogP contribution >= 0.6 is 11.6 Å². The number of carbonyl (C=O) groups excluding carboxylic acids is 1. The number of halogens is 1. The van der Waals surface area contributed by atoms with E-state index in [1.165, 1.54) is 0 Å². The van der Waals surface area contributed by atoms with Crippen molar-refractivity contribution in [3.05, 3.63) is 76.1 Å². The maximum Gasteiger partial charge on any atom is 0.232 e. The van der Waals surface area contributed by atoms with E-state index in [1.54, 1.807) is 13.0 Å². The third-order valence-electron chi connectivity index (χ3n) is 4.21. The smallest absolute Gasteiger partial charge is 0.232 e. The molecule has 0 aliphatic carbocycles. The molecule has 0 fully saturated rings. The lowest BCUT2D eigenvalue weighted by Crippen LogP contribution is -2.28. The summed E-state index contributed by atoms with van der Waals surface area (Å²) in [5, 5.41) is 3.34. The first-order chi connectivity index (χ1) is 13.4. The van der Waals surface area contributed by atoms with Gasteiger partial charge in [0.2, 0.25) is 11.8 Å². The molecule has 7 heteroatoms. The summed E-state index contributed by atoms with van der Waals surface area (Å²) in [6.07, 6.45) is 0. The first-order valence-corrected chi connectivity index (χ1v) is 10.7. The SMILES string of the molecule is Cc1ccc(-c2nc(C[S@](=O)CC(=O)NCc3ccccc3Cl)c(C)o2)cc1. The van der Waals surface area contributed by atoms with Crippen molar-refractivity contribution in [3.63, 3.8) is 0 Å². The molecule has 0 bridgehead atoms. The van der Waals surface area contributed by atoms with Gasteiger partial charge in [-0.3, -0.25) is 9.00 Å². The maximum absolute atomic E-state index is 12.4. The van der Waals surface area contributed by atoms with Gasteiger partial charge in [0.1, 0.15) is 11.5 Å². The van der Waals surface area contributed by atoms with Crippen LogP contribution in [0.4, 0.5) is 0 Å². The predicted octanol–water partition coefficient (Wildman–Crippen LogP) is 4.18. The zero-order valence-corrected chi connectivity index (χ0v) is 17.3. The van der Waals surface area contributed by atoms with Crippen LogP contribution in [0.5, 0.6) is 0 Å². The topological polar surface area (TPSA) is 72.2 Å². The minimum absolute atomic E-state index is 0.101. The molecule has 1 amide bonds. The van der Waals surface area contributed by atoms with Crippen molar-refractivity contribution in [2.45, 2.75) is 26.1 Å². The Morgan fingerprint density at radius 3 is 2.57 bits per heavy atom. The molecule has 0 saturated heterocycles. The van der Waals surface area contributed by atoms with Crippen LogP contribution in [0.1, 0.15) is 22.6 Å². The Labute approximate surface area is 171 Å². The first-order valence-electron chi connectivity index (χ1n) is 8.81. The third-order valence-corrected chi connectivity index (χ3v) is 5.76. The number of rotatable bonds is 7. The van der Waals surface area contributed by atoms with E-state index in [-0.39, 0.29) is 17.4 Å². The number of amides is 1. The summed E-state index contributed by atoms with van der Waals surface area (Å²) in [6, 6.07) is 15.1. The van der Waals surface area contributed by atoms with Gasteiger partial charge in [0.05, 0.1) is 11.4 Å². The van der Waals surface area contributed by atoms with E-state index in [4.69, 9.17) is 16.0 Å². The molecule has 1 atom stereocenters. The van der Waals surface area contributed by atoms with Gasteiger partial charge in [0.15, 0.2) is 0 Å². The minimum Gasteiger partial charge on any atom is -0.441 e. The number of benzene rings is 2. The molecule has 5 nitrogen and oxygen atoms in total. The number of carbonyl (C=O) groups is 1. The first kappa shape index (κ1) is 20.3. The zero-order chi connectivity index (χ0) is 20.1. The van der Waals surface area contributed by atoms with E-state index in [0.29, 0.717) is 28.9 Å². The molecule has 0 aliphatic rings. The van der Waals surface area contributed by atoms with Crippen molar-refractivity contribution in [3.8, 4) is 11.5 Å². The van der Waals surface area contributed by atoms with Crippen LogP contribution in [0.25, 0.3) is 11.5 Å². The number of nitrogens with one attached hydrogen (secondary N) is 1. The monoisotopic (exact) mass is 416 g/mol. The Bertz CT molecular complexity index is 999. The largest absolute Gasteiger partial charge is 0.441 e. The molecular weight excluding hydrogens is 396 g/mol. The summed E-state index contributed by atoms with van der Waals surface area (Å²) in [4.78, 5) is 16.5. The third kappa shape index (κ3) is 5.30. The second kappa shape index (κ2) is 9.17. The lowest BCUT2D eigenvalue weighted by molar-refractivity contribution is -0.118. The van der Waals surface area contributed by atoms with Crippen molar-refractivity contribution in [1.29, 1.82) is 0 Å². The molecule has 0 saturated carbocycles. The molecule has 3 rings (SSSR count). The van der Waals surface area contributed by atoms with Gasteiger partial charge >= 0.3 is 0 Å². The van der Waals surface area contributed by atoms with Crippen LogP contribution in [-0.4, -0.2) is 20.9 Å². The van der Waals surface area contributed by atoms with Gasteiger partial charge in [-0.15, -0.1) is 0 Å². The quantitative estimate of drug-likeness (QED) is 0.627. The van der Waals surface area contributed by atoms with Crippen LogP contribution in [0.3, 0.4) is 0 Å². The number of aryl methyl sites for hydroxylation is 2. The molecule has 28 heavy (non-hydrogen) atoms. The van der Waals surface area contributed by atoms with E-state index < -0.39 is 10.8 Å². The van der Waals surface area contributed by atoms with Crippen LogP contribution in [0.2, 0.25) is 5.02 Å². The van der Waals surface area contributed by atoms with Gasteiger partial charge < -0.3 is 9.73 Å². The molecule has 0 aliphatic heterocycles. The van der Waals surface area contributed by atoms with Gasteiger partial charge in [-0.25, -0.2) is 4.98 Å². The van der Waals surface area contributed by atoms with E-state index in [9.17, 15) is 9.00 Å². The van der Waals surface area contributed by atoms with Crippen molar-refractivity contribution in [2.75, 3.05) is 5.75 Å². The summed E-state index contributed by atoms with van der Waals surface area (Å²) < 4.78 is 18.1. The van der Waals surface area contributed by atoms with Crippen LogP contribution in [0, 0.1) is 13.8 Å². The number of oxazole rings is 1. The molecular formula is C21H21ClN2O3S. The van der Waals surface area contributed by atoms with Gasteiger partial charge in [0.25, 0.3) is 0 Å². The summed E-state index contributed by atoms with van der Waals surface area (Å²) in [7, 11) is -1.39. The number of hydrogen-bond acceptors (Lipinski definition) is 4. The van der Waals surface area contributed by atoms with Crippen molar-refractivity contribution in [2.24, 2.45) is 0 Å². The molecule has 1 aromatic heterocycles. The standard InChI is InChI=1S/C21H21ClN2O3S/c1-14-7-9-16(10-8-14)21-24-19(15(2)27-21)12-28(26)13-20(25)23-11-17-5-3-4-6-18(17)22/h3-10H,11-13H2,1-2H3,(H,23,25)/t28-/m0/s1. The average Bonchev–Trinajstić information content (AvgIpc) is 3.02. The normalized spacial score (nSPS) is 12.0. The average molecular weight is 417 g/mol. The van der Waals surface area contributed by atoms with E-state index in [1.807, 2.05) is 49.4 Å². The highest BCUT2D eigenvalue weighted by Gasteiger charge is 2.16. The summed E-state index contributed by atoms with van der Waals surface area (Å²) in [5.74, 6) is 0.878. The summed E-state index contributed by atoms with van der Waals surface area (Å²) in [5.41, 5.74) is 3.44. The molecule has 1 N–H and O–H groups in total. The maximum atomic E-state index is 12.4.